The van der Waals surface area contributed by atoms with Crippen LogP contribution in [0.15, 0.2) is 52.3 Å². The van der Waals surface area contributed by atoms with Gasteiger partial charge in [-0.05, 0) is 37.3 Å². The van der Waals surface area contributed by atoms with Crippen molar-refractivity contribution < 1.29 is 9.53 Å². The summed E-state index contributed by atoms with van der Waals surface area (Å²) in [6, 6.07) is 8.19. The van der Waals surface area contributed by atoms with Crippen LogP contribution in [0.25, 0.3) is 0 Å². The second-order valence-electron chi connectivity index (χ2n) is 6.69. The molecule has 0 saturated heterocycles. The second-order valence-corrected chi connectivity index (χ2v) is 6.69. The van der Waals surface area contributed by atoms with Gasteiger partial charge in [0.1, 0.15) is 5.84 Å². The number of nitrogens with two attached hydrogens (primary N) is 2. The lowest BCUT2D eigenvalue weighted by Gasteiger charge is -2.29. The van der Waals surface area contributed by atoms with E-state index in [-0.39, 0.29) is 11.9 Å². The number of carbonyl (C=O) groups excluding carboxylic acids is 1. The van der Waals surface area contributed by atoms with E-state index in [0.29, 0.717) is 35.7 Å². The van der Waals surface area contributed by atoms with Crippen molar-refractivity contribution in [1.82, 2.24) is 0 Å². The standard InChI is InChI=1S/C22H31N3O2/c1-4-7-11-15-12-8-9-13-16(15)19-17(14-23)21(24)25-18(10-5-2)20(19)22(26)27-6-3/h8-9,12-14,19H,4-7,10-11,23H2,1-3H3,(H2,24,25)/b17-14-. The molecule has 146 valence electrons. The summed E-state index contributed by atoms with van der Waals surface area (Å²) in [6.45, 7) is 6.34. The first-order valence-corrected chi connectivity index (χ1v) is 9.83. The maximum Gasteiger partial charge on any atom is 0.336 e. The number of aliphatic imine (C=N–C) groups is 1. The first kappa shape index (κ1) is 20.7. The third kappa shape index (κ3) is 4.59. The highest BCUT2D eigenvalue weighted by atomic mass is 16.5. The van der Waals surface area contributed by atoms with Crippen LogP contribution in [0.5, 0.6) is 0 Å². The molecule has 5 heteroatoms. The van der Waals surface area contributed by atoms with Crippen molar-refractivity contribution in [2.45, 2.75) is 58.8 Å². The first-order chi connectivity index (χ1) is 13.1. The van der Waals surface area contributed by atoms with Gasteiger partial charge in [-0.15, -0.1) is 0 Å². The minimum Gasteiger partial charge on any atom is -0.463 e. The van der Waals surface area contributed by atoms with E-state index >= 15 is 0 Å². The Bertz CT molecular complexity index is 763. The molecule has 0 bridgehead atoms. The molecule has 0 aromatic heterocycles. The normalized spacial score (nSPS) is 18.6. The van der Waals surface area contributed by atoms with Crippen molar-refractivity contribution in [3.8, 4) is 0 Å². The third-order valence-electron chi connectivity index (χ3n) is 4.79. The van der Waals surface area contributed by atoms with Crippen molar-refractivity contribution in [3.05, 3.63) is 58.4 Å². The summed E-state index contributed by atoms with van der Waals surface area (Å²) < 4.78 is 5.38. The highest BCUT2D eigenvalue weighted by Crippen LogP contribution is 2.40. The molecular weight excluding hydrogens is 338 g/mol. The Kier molecular flexibility index (Phi) is 7.65. The molecule has 0 amide bonds. The number of nitrogens with zero attached hydrogens (tertiary/aromatic N) is 1. The molecule has 0 radical (unpaired) electrons. The Balaban J connectivity index is 2.68. The van der Waals surface area contributed by atoms with Gasteiger partial charge in [-0.1, -0.05) is 51.0 Å². The predicted molar refractivity (Wildman–Crippen MR) is 110 cm³/mol. The van der Waals surface area contributed by atoms with Gasteiger partial charge in [-0.3, -0.25) is 0 Å². The highest BCUT2D eigenvalue weighted by molar-refractivity contribution is 6.05. The van der Waals surface area contributed by atoms with E-state index in [1.165, 1.54) is 11.8 Å². The number of rotatable bonds is 8. The van der Waals surface area contributed by atoms with Crippen LogP contribution in [0.2, 0.25) is 0 Å². The molecule has 1 unspecified atom stereocenters. The molecule has 1 aliphatic rings. The summed E-state index contributed by atoms with van der Waals surface area (Å²) in [7, 11) is 0. The lowest BCUT2D eigenvalue weighted by Crippen LogP contribution is -2.31. The molecule has 1 atom stereocenters. The number of hydrogen-bond acceptors (Lipinski definition) is 5. The molecule has 0 fully saturated rings. The van der Waals surface area contributed by atoms with E-state index in [0.717, 1.165) is 31.2 Å². The van der Waals surface area contributed by atoms with E-state index in [4.69, 9.17) is 16.2 Å². The van der Waals surface area contributed by atoms with Crippen molar-refractivity contribution >= 4 is 11.8 Å². The number of aryl methyl sites for hydroxylation is 1. The number of amidine groups is 1. The first-order valence-electron chi connectivity index (χ1n) is 9.83. The maximum atomic E-state index is 12.9. The zero-order valence-electron chi connectivity index (χ0n) is 16.6. The molecule has 0 aliphatic carbocycles. The van der Waals surface area contributed by atoms with Crippen molar-refractivity contribution in [2.75, 3.05) is 6.61 Å². The molecule has 4 N–H and O–H groups in total. The minimum absolute atomic E-state index is 0.312. The number of unbranched alkanes of at least 4 members (excludes halogenated alkanes) is 1. The average Bonchev–Trinajstić information content (AvgIpc) is 2.66. The summed E-state index contributed by atoms with van der Waals surface area (Å²) in [5.74, 6) is -0.308. The number of benzene rings is 1. The van der Waals surface area contributed by atoms with Crippen LogP contribution in [0.1, 0.15) is 63.5 Å². The number of carbonyl (C=O) groups is 1. The van der Waals surface area contributed by atoms with Crippen LogP contribution < -0.4 is 11.5 Å². The van der Waals surface area contributed by atoms with Gasteiger partial charge in [0.15, 0.2) is 0 Å². The largest absolute Gasteiger partial charge is 0.463 e. The van der Waals surface area contributed by atoms with E-state index < -0.39 is 0 Å². The lowest BCUT2D eigenvalue weighted by atomic mass is 9.78. The van der Waals surface area contributed by atoms with E-state index in [1.807, 2.05) is 19.1 Å². The van der Waals surface area contributed by atoms with Gasteiger partial charge in [0, 0.05) is 17.7 Å². The number of ether oxygens (including phenoxy) is 1. The molecule has 5 nitrogen and oxygen atoms in total. The Morgan fingerprint density at radius 2 is 1.93 bits per heavy atom. The number of hydrogen-bond donors (Lipinski definition) is 2. The molecule has 27 heavy (non-hydrogen) atoms. The molecule has 1 aromatic rings. The maximum absolute atomic E-state index is 12.9. The average molecular weight is 370 g/mol. The van der Waals surface area contributed by atoms with E-state index in [9.17, 15) is 4.79 Å². The quantitative estimate of drug-likeness (QED) is 0.679. The summed E-state index contributed by atoms with van der Waals surface area (Å²) in [4.78, 5) is 17.4. The Morgan fingerprint density at radius 1 is 1.19 bits per heavy atom. The summed E-state index contributed by atoms with van der Waals surface area (Å²) in [6.07, 6.45) is 6.12. The lowest BCUT2D eigenvalue weighted by molar-refractivity contribution is -0.138. The molecule has 0 saturated carbocycles. The minimum atomic E-state index is -0.346. The Hall–Kier alpha value is -2.56. The van der Waals surface area contributed by atoms with Crippen LogP contribution in [0.4, 0.5) is 0 Å². The SMILES string of the molecule is CCCCc1ccccc1C1C(C(=O)OCC)=C(CCC)N=C(N)/C1=C\N. The van der Waals surface area contributed by atoms with Crippen molar-refractivity contribution in [1.29, 1.82) is 0 Å². The van der Waals surface area contributed by atoms with Crippen LogP contribution >= 0.6 is 0 Å². The van der Waals surface area contributed by atoms with Gasteiger partial charge in [0.05, 0.1) is 17.9 Å². The summed E-state index contributed by atoms with van der Waals surface area (Å²) >= 11 is 0. The van der Waals surface area contributed by atoms with Crippen molar-refractivity contribution in [2.24, 2.45) is 16.5 Å². The zero-order chi connectivity index (χ0) is 19.8. The fourth-order valence-corrected chi connectivity index (χ4v) is 3.53. The predicted octanol–water partition coefficient (Wildman–Crippen LogP) is 3.94. The van der Waals surface area contributed by atoms with E-state index in [2.05, 4.69) is 31.0 Å². The summed E-state index contributed by atoms with van der Waals surface area (Å²) in [5, 5.41) is 0. The number of allylic oxidation sites excluding steroid dienone is 1. The fraction of sp³-hybridized carbons (Fsp3) is 0.455. The molecule has 2 rings (SSSR count). The Labute approximate surface area is 162 Å². The van der Waals surface area contributed by atoms with Crippen molar-refractivity contribution in [3.63, 3.8) is 0 Å². The van der Waals surface area contributed by atoms with Gasteiger partial charge in [-0.2, -0.15) is 0 Å². The summed E-state index contributed by atoms with van der Waals surface area (Å²) in [5.41, 5.74) is 16.4. The monoisotopic (exact) mass is 369 g/mol. The molecular formula is C22H31N3O2. The smallest absolute Gasteiger partial charge is 0.336 e. The fourth-order valence-electron chi connectivity index (χ4n) is 3.53. The topological polar surface area (TPSA) is 90.7 Å². The van der Waals surface area contributed by atoms with Gasteiger partial charge >= 0.3 is 5.97 Å². The van der Waals surface area contributed by atoms with Crippen LogP contribution in [-0.4, -0.2) is 18.4 Å². The van der Waals surface area contributed by atoms with Gasteiger partial charge in [-0.25, -0.2) is 9.79 Å². The zero-order valence-corrected chi connectivity index (χ0v) is 16.6. The van der Waals surface area contributed by atoms with Gasteiger partial charge in [0.25, 0.3) is 0 Å². The van der Waals surface area contributed by atoms with E-state index in [1.54, 1.807) is 0 Å². The third-order valence-corrected chi connectivity index (χ3v) is 4.79. The molecule has 0 spiro atoms. The molecule has 1 aliphatic heterocycles. The van der Waals surface area contributed by atoms with Crippen LogP contribution in [0.3, 0.4) is 0 Å². The van der Waals surface area contributed by atoms with Crippen LogP contribution in [-0.2, 0) is 16.0 Å². The van der Waals surface area contributed by atoms with Crippen LogP contribution in [0, 0.1) is 0 Å². The Morgan fingerprint density at radius 3 is 2.56 bits per heavy atom. The van der Waals surface area contributed by atoms with Gasteiger partial charge in [0.2, 0.25) is 0 Å². The second kappa shape index (κ2) is 9.95. The van der Waals surface area contributed by atoms with Gasteiger partial charge < -0.3 is 16.2 Å². The number of esters is 1. The molecule has 1 heterocycles. The highest BCUT2D eigenvalue weighted by Gasteiger charge is 2.36. The molecule has 1 aromatic carbocycles.